The van der Waals surface area contributed by atoms with Crippen molar-refractivity contribution in [1.82, 2.24) is 0 Å². The molecule has 0 saturated heterocycles. The Hall–Kier alpha value is -2.63. The SMILES string of the molecule is C=CC(=O)OCCOC(=O)CCC(=O)OCCc1ccccc1. The van der Waals surface area contributed by atoms with Gasteiger partial charge in [0.25, 0.3) is 0 Å². The van der Waals surface area contributed by atoms with E-state index >= 15 is 0 Å². The first kappa shape index (κ1) is 18.4. The van der Waals surface area contributed by atoms with Gasteiger partial charge < -0.3 is 14.2 Å². The van der Waals surface area contributed by atoms with E-state index in [2.05, 4.69) is 11.3 Å². The summed E-state index contributed by atoms with van der Waals surface area (Å²) in [6.07, 6.45) is 1.54. The molecule has 1 aromatic rings. The number of hydrogen-bond acceptors (Lipinski definition) is 6. The molecule has 1 aromatic carbocycles. The van der Waals surface area contributed by atoms with Crippen molar-refractivity contribution in [1.29, 1.82) is 0 Å². The summed E-state index contributed by atoms with van der Waals surface area (Å²) < 4.78 is 14.5. The predicted octanol–water partition coefficient (Wildman–Crippen LogP) is 1.82. The van der Waals surface area contributed by atoms with E-state index in [4.69, 9.17) is 9.47 Å². The summed E-state index contributed by atoms with van der Waals surface area (Å²) in [5.41, 5.74) is 1.08. The molecule has 0 radical (unpaired) electrons. The first-order valence-electron chi connectivity index (χ1n) is 7.26. The van der Waals surface area contributed by atoms with Crippen molar-refractivity contribution >= 4 is 17.9 Å². The number of carbonyl (C=O) groups excluding carboxylic acids is 3. The molecular formula is C17H20O6. The normalized spacial score (nSPS) is 9.74. The summed E-state index contributed by atoms with van der Waals surface area (Å²) in [7, 11) is 0. The minimum absolute atomic E-state index is 0.0416. The quantitative estimate of drug-likeness (QED) is 0.283. The van der Waals surface area contributed by atoms with Crippen molar-refractivity contribution in [3.8, 4) is 0 Å². The second-order valence-corrected chi connectivity index (χ2v) is 4.55. The van der Waals surface area contributed by atoms with Crippen molar-refractivity contribution < 1.29 is 28.6 Å². The summed E-state index contributed by atoms with van der Waals surface area (Å²) >= 11 is 0. The zero-order valence-electron chi connectivity index (χ0n) is 12.9. The Bertz CT molecular complexity index is 523. The van der Waals surface area contributed by atoms with E-state index in [0.29, 0.717) is 6.42 Å². The number of benzene rings is 1. The lowest BCUT2D eigenvalue weighted by Crippen LogP contribution is -2.15. The highest BCUT2D eigenvalue weighted by Gasteiger charge is 2.09. The van der Waals surface area contributed by atoms with Crippen molar-refractivity contribution in [3.63, 3.8) is 0 Å². The second kappa shape index (κ2) is 11.0. The third kappa shape index (κ3) is 9.08. The van der Waals surface area contributed by atoms with E-state index in [-0.39, 0.29) is 32.7 Å². The smallest absolute Gasteiger partial charge is 0.330 e. The molecule has 6 nitrogen and oxygen atoms in total. The van der Waals surface area contributed by atoms with Gasteiger partial charge in [0.05, 0.1) is 19.4 Å². The molecular weight excluding hydrogens is 300 g/mol. The van der Waals surface area contributed by atoms with Crippen molar-refractivity contribution in [3.05, 3.63) is 48.6 Å². The van der Waals surface area contributed by atoms with Crippen molar-refractivity contribution in [2.45, 2.75) is 19.3 Å². The third-order valence-electron chi connectivity index (χ3n) is 2.79. The predicted molar refractivity (Wildman–Crippen MR) is 82.5 cm³/mol. The van der Waals surface area contributed by atoms with E-state index in [0.717, 1.165) is 11.6 Å². The highest BCUT2D eigenvalue weighted by molar-refractivity contribution is 5.81. The van der Waals surface area contributed by atoms with Crippen molar-refractivity contribution in [2.24, 2.45) is 0 Å². The first-order valence-corrected chi connectivity index (χ1v) is 7.26. The zero-order valence-corrected chi connectivity index (χ0v) is 12.9. The van der Waals surface area contributed by atoms with Crippen LogP contribution in [-0.2, 0) is 35.0 Å². The van der Waals surface area contributed by atoms with E-state index in [1.807, 2.05) is 30.3 Å². The van der Waals surface area contributed by atoms with E-state index in [9.17, 15) is 14.4 Å². The van der Waals surface area contributed by atoms with Crippen LogP contribution < -0.4 is 0 Å². The van der Waals surface area contributed by atoms with Gasteiger partial charge in [0, 0.05) is 12.5 Å². The van der Waals surface area contributed by atoms with Crippen LogP contribution in [0.3, 0.4) is 0 Å². The molecule has 0 bridgehead atoms. The molecule has 0 aliphatic heterocycles. The zero-order chi connectivity index (χ0) is 16.9. The first-order chi connectivity index (χ1) is 11.1. The molecule has 0 atom stereocenters. The monoisotopic (exact) mass is 320 g/mol. The molecule has 0 aliphatic rings. The largest absolute Gasteiger partial charge is 0.465 e. The summed E-state index contributed by atoms with van der Waals surface area (Å²) in [5, 5.41) is 0. The van der Waals surface area contributed by atoms with Gasteiger partial charge in [-0.1, -0.05) is 36.9 Å². The van der Waals surface area contributed by atoms with Gasteiger partial charge in [0.15, 0.2) is 0 Å². The number of rotatable bonds is 10. The van der Waals surface area contributed by atoms with Crippen LogP contribution >= 0.6 is 0 Å². The minimum atomic E-state index is -0.581. The summed E-state index contributed by atoms with van der Waals surface area (Å²) in [4.78, 5) is 33.6. The number of carbonyl (C=O) groups is 3. The van der Waals surface area contributed by atoms with Gasteiger partial charge in [-0.05, 0) is 5.56 Å². The maximum atomic E-state index is 11.5. The van der Waals surface area contributed by atoms with Crippen LogP contribution in [-0.4, -0.2) is 37.7 Å². The maximum absolute atomic E-state index is 11.5. The fourth-order valence-electron chi connectivity index (χ4n) is 1.63. The molecule has 0 aliphatic carbocycles. The molecule has 0 heterocycles. The molecule has 0 amide bonds. The molecule has 6 heteroatoms. The molecule has 0 N–H and O–H groups in total. The molecule has 0 unspecified atom stereocenters. The summed E-state index contributed by atoms with van der Waals surface area (Å²) in [5.74, 6) is -1.57. The Morgan fingerprint density at radius 3 is 2.04 bits per heavy atom. The van der Waals surface area contributed by atoms with Crippen LogP contribution in [0.25, 0.3) is 0 Å². The van der Waals surface area contributed by atoms with Crippen LogP contribution in [0.4, 0.5) is 0 Å². The molecule has 1 rings (SSSR count). The Balaban J connectivity index is 2.05. The van der Waals surface area contributed by atoms with Gasteiger partial charge in [0.2, 0.25) is 0 Å². The lowest BCUT2D eigenvalue weighted by molar-refractivity contribution is -0.152. The highest BCUT2D eigenvalue weighted by Crippen LogP contribution is 2.01. The highest BCUT2D eigenvalue weighted by atomic mass is 16.6. The summed E-state index contributed by atoms with van der Waals surface area (Å²) in [6, 6.07) is 9.65. The van der Waals surface area contributed by atoms with Crippen LogP contribution in [0.15, 0.2) is 43.0 Å². The van der Waals surface area contributed by atoms with E-state index in [1.165, 1.54) is 0 Å². The van der Waals surface area contributed by atoms with Gasteiger partial charge in [-0.2, -0.15) is 0 Å². The second-order valence-electron chi connectivity index (χ2n) is 4.55. The number of hydrogen-bond donors (Lipinski definition) is 0. The van der Waals surface area contributed by atoms with Crippen LogP contribution in [0.2, 0.25) is 0 Å². The summed E-state index contributed by atoms with van der Waals surface area (Å²) in [6.45, 7) is 3.41. The van der Waals surface area contributed by atoms with Gasteiger partial charge in [-0.15, -0.1) is 0 Å². The Morgan fingerprint density at radius 2 is 1.43 bits per heavy atom. The third-order valence-corrected chi connectivity index (χ3v) is 2.79. The molecule has 0 fully saturated rings. The number of esters is 3. The average molecular weight is 320 g/mol. The van der Waals surface area contributed by atoms with Crippen LogP contribution in [0, 0.1) is 0 Å². The van der Waals surface area contributed by atoms with Gasteiger partial charge >= 0.3 is 17.9 Å². The Labute approximate surface area is 135 Å². The fourth-order valence-corrected chi connectivity index (χ4v) is 1.63. The average Bonchev–Trinajstić information content (AvgIpc) is 2.57. The van der Waals surface area contributed by atoms with Gasteiger partial charge in [-0.3, -0.25) is 9.59 Å². The number of ether oxygens (including phenoxy) is 3. The fraction of sp³-hybridized carbons (Fsp3) is 0.353. The molecule has 0 saturated carbocycles. The lowest BCUT2D eigenvalue weighted by Gasteiger charge is -2.06. The van der Waals surface area contributed by atoms with Crippen LogP contribution in [0.1, 0.15) is 18.4 Å². The molecule has 0 spiro atoms. The van der Waals surface area contributed by atoms with Crippen LogP contribution in [0.5, 0.6) is 0 Å². The molecule has 0 aromatic heterocycles. The van der Waals surface area contributed by atoms with Gasteiger partial charge in [0.1, 0.15) is 13.2 Å². The lowest BCUT2D eigenvalue weighted by atomic mass is 10.2. The van der Waals surface area contributed by atoms with Crippen molar-refractivity contribution in [2.75, 3.05) is 19.8 Å². The van der Waals surface area contributed by atoms with E-state index < -0.39 is 17.9 Å². The standard InChI is InChI=1S/C17H20O6/c1-2-15(18)22-12-13-23-17(20)9-8-16(19)21-11-10-14-6-4-3-5-7-14/h2-7H,1,8-13H2. The maximum Gasteiger partial charge on any atom is 0.330 e. The Morgan fingerprint density at radius 1 is 0.870 bits per heavy atom. The van der Waals surface area contributed by atoms with E-state index in [1.54, 1.807) is 0 Å². The Kier molecular flexibility index (Phi) is 8.81. The topological polar surface area (TPSA) is 78.9 Å². The minimum Gasteiger partial charge on any atom is -0.465 e. The molecule has 124 valence electrons. The molecule has 23 heavy (non-hydrogen) atoms. The van der Waals surface area contributed by atoms with Gasteiger partial charge in [-0.25, -0.2) is 4.79 Å².